The smallest absolute Gasteiger partial charge is 0.246 e. The number of benzene rings is 1. The van der Waals surface area contributed by atoms with Gasteiger partial charge in [0.05, 0.1) is 0 Å². The highest BCUT2D eigenvalue weighted by Gasteiger charge is 2.29. The van der Waals surface area contributed by atoms with Gasteiger partial charge in [0.1, 0.15) is 10.7 Å². The normalized spacial score (nSPS) is 17.9. The minimum Gasteiger partial charge on any atom is -0.398 e. The van der Waals surface area contributed by atoms with Gasteiger partial charge in [-0.25, -0.2) is 12.8 Å². The van der Waals surface area contributed by atoms with Crippen LogP contribution >= 0.6 is 15.9 Å². The van der Waals surface area contributed by atoms with Crippen LogP contribution in [0.3, 0.4) is 0 Å². The van der Waals surface area contributed by atoms with Crippen LogP contribution in [0.5, 0.6) is 0 Å². The lowest BCUT2D eigenvalue weighted by Gasteiger charge is -2.26. The monoisotopic (exact) mass is 336 g/mol. The van der Waals surface area contributed by atoms with Crippen LogP contribution in [0, 0.1) is 5.82 Å². The number of rotatable bonds is 2. The van der Waals surface area contributed by atoms with Gasteiger partial charge in [0.2, 0.25) is 10.0 Å². The van der Waals surface area contributed by atoms with E-state index < -0.39 is 15.8 Å². The van der Waals surface area contributed by atoms with Crippen LogP contribution < -0.4 is 5.73 Å². The molecular weight excluding hydrogens is 323 g/mol. The van der Waals surface area contributed by atoms with E-state index in [2.05, 4.69) is 15.9 Å². The predicted molar refractivity (Wildman–Crippen MR) is 71.1 cm³/mol. The summed E-state index contributed by atoms with van der Waals surface area (Å²) in [7, 11) is -3.77. The maximum absolute atomic E-state index is 13.8. The number of nitrogens with zero attached hydrogens (tertiary/aromatic N) is 1. The predicted octanol–water partition coefficient (Wildman–Crippen LogP) is 2.35. The van der Waals surface area contributed by atoms with Crippen molar-refractivity contribution >= 4 is 31.6 Å². The summed E-state index contributed by atoms with van der Waals surface area (Å²) in [6.07, 6.45) is 2.64. The molecule has 1 aromatic rings. The molecule has 0 saturated carbocycles. The number of nitrogen functional groups attached to an aromatic ring is 1. The second kappa shape index (κ2) is 5.14. The van der Waals surface area contributed by atoms with Crippen molar-refractivity contribution in [2.24, 2.45) is 0 Å². The molecule has 1 aliphatic rings. The Bertz CT molecular complexity index is 556. The van der Waals surface area contributed by atoms with E-state index in [1.807, 2.05) is 0 Å². The van der Waals surface area contributed by atoms with Gasteiger partial charge in [-0.1, -0.05) is 6.42 Å². The zero-order valence-corrected chi connectivity index (χ0v) is 12.1. The molecule has 1 aromatic carbocycles. The summed E-state index contributed by atoms with van der Waals surface area (Å²) >= 11 is 3.07. The highest BCUT2D eigenvalue weighted by atomic mass is 79.9. The highest BCUT2D eigenvalue weighted by Crippen LogP contribution is 2.29. The summed E-state index contributed by atoms with van der Waals surface area (Å²) in [5.41, 5.74) is 5.83. The second-order valence-electron chi connectivity index (χ2n) is 4.27. The standard InChI is InChI=1S/C11H14BrFN2O2S/c12-8-6-9(13)11(7-10(8)14)18(16,17)15-4-2-1-3-5-15/h6-7H,1-5,14H2. The zero-order valence-electron chi connectivity index (χ0n) is 9.70. The van der Waals surface area contributed by atoms with Gasteiger partial charge in [0.15, 0.2) is 0 Å². The fourth-order valence-electron chi connectivity index (χ4n) is 1.99. The summed E-state index contributed by atoms with van der Waals surface area (Å²) in [6.45, 7) is 0.884. The third kappa shape index (κ3) is 2.53. The van der Waals surface area contributed by atoms with Crippen molar-refractivity contribution < 1.29 is 12.8 Å². The molecule has 0 amide bonds. The Morgan fingerprint density at radius 2 is 1.83 bits per heavy atom. The molecule has 0 atom stereocenters. The largest absolute Gasteiger partial charge is 0.398 e. The Morgan fingerprint density at radius 1 is 1.22 bits per heavy atom. The van der Waals surface area contributed by atoms with E-state index >= 15 is 0 Å². The van der Waals surface area contributed by atoms with Gasteiger partial charge in [-0.05, 0) is 40.9 Å². The van der Waals surface area contributed by atoms with Gasteiger partial charge in [0, 0.05) is 23.2 Å². The molecule has 1 fully saturated rings. The maximum Gasteiger partial charge on any atom is 0.246 e. The minimum absolute atomic E-state index is 0.215. The molecule has 1 aliphatic heterocycles. The van der Waals surface area contributed by atoms with Gasteiger partial charge in [-0.3, -0.25) is 0 Å². The quantitative estimate of drug-likeness (QED) is 0.843. The summed E-state index contributed by atoms with van der Waals surface area (Å²) < 4.78 is 40.0. The fourth-order valence-corrected chi connectivity index (χ4v) is 3.90. The van der Waals surface area contributed by atoms with Crippen molar-refractivity contribution in [1.29, 1.82) is 0 Å². The van der Waals surface area contributed by atoms with E-state index in [4.69, 9.17) is 5.73 Å². The van der Waals surface area contributed by atoms with Crippen molar-refractivity contribution in [3.63, 3.8) is 0 Å². The summed E-state index contributed by atoms with van der Waals surface area (Å²) in [4.78, 5) is -0.342. The van der Waals surface area contributed by atoms with Crippen molar-refractivity contribution in [1.82, 2.24) is 4.31 Å². The second-order valence-corrected chi connectivity index (χ2v) is 7.03. The average Bonchev–Trinajstić information content (AvgIpc) is 2.34. The van der Waals surface area contributed by atoms with Crippen LogP contribution in [0.15, 0.2) is 21.5 Å². The molecule has 0 aromatic heterocycles. The molecule has 4 nitrogen and oxygen atoms in total. The summed E-state index contributed by atoms with van der Waals surface area (Å²) in [5.74, 6) is -0.776. The van der Waals surface area contributed by atoms with Gasteiger partial charge in [0.25, 0.3) is 0 Å². The molecule has 100 valence electrons. The third-order valence-electron chi connectivity index (χ3n) is 2.98. The first-order valence-corrected chi connectivity index (χ1v) is 7.91. The fraction of sp³-hybridized carbons (Fsp3) is 0.455. The number of nitrogens with two attached hydrogens (primary N) is 1. The number of anilines is 1. The molecule has 2 rings (SSSR count). The molecule has 7 heteroatoms. The molecule has 0 unspecified atom stereocenters. The number of sulfonamides is 1. The van der Waals surface area contributed by atoms with Gasteiger partial charge < -0.3 is 5.73 Å². The first kappa shape index (κ1) is 13.8. The average molecular weight is 337 g/mol. The van der Waals surface area contributed by atoms with Gasteiger partial charge in [-0.15, -0.1) is 0 Å². The maximum atomic E-state index is 13.8. The highest BCUT2D eigenvalue weighted by molar-refractivity contribution is 9.10. The van der Waals surface area contributed by atoms with E-state index in [-0.39, 0.29) is 10.6 Å². The van der Waals surface area contributed by atoms with E-state index in [0.29, 0.717) is 17.6 Å². The van der Waals surface area contributed by atoms with E-state index in [1.165, 1.54) is 10.4 Å². The summed E-state index contributed by atoms with van der Waals surface area (Å²) in [5, 5.41) is 0. The molecule has 0 bridgehead atoms. The van der Waals surface area contributed by atoms with E-state index in [1.54, 1.807) is 0 Å². The first-order chi connectivity index (χ1) is 8.43. The van der Waals surface area contributed by atoms with Crippen molar-refractivity contribution in [2.75, 3.05) is 18.8 Å². The van der Waals surface area contributed by atoms with Crippen molar-refractivity contribution in [3.8, 4) is 0 Å². The lowest BCUT2D eigenvalue weighted by Crippen LogP contribution is -2.36. The molecule has 2 N–H and O–H groups in total. The number of hydrogen-bond donors (Lipinski definition) is 1. The van der Waals surface area contributed by atoms with Crippen LogP contribution in [0.4, 0.5) is 10.1 Å². The Balaban J connectivity index is 2.43. The molecule has 0 spiro atoms. The molecule has 1 heterocycles. The van der Waals surface area contributed by atoms with E-state index in [9.17, 15) is 12.8 Å². The van der Waals surface area contributed by atoms with Gasteiger partial charge >= 0.3 is 0 Å². The number of piperidine rings is 1. The Hall–Kier alpha value is -0.660. The first-order valence-electron chi connectivity index (χ1n) is 5.67. The minimum atomic E-state index is -3.77. The number of halogens is 2. The third-order valence-corrected chi connectivity index (χ3v) is 5.58. The van der Waals surface area contributed by atoms with Crippen LogP contribution in [-0.4, -0.2) is 25.8 Å². The van der Waals surface area contributed by atoms with Crippen LogP contribution in [-0.2, 0) is 10.0 Å². The molecular formula is C11H14BrFN2O2S. The lowest BCUT2D eigenvalue weighted by molar-refractivity contribution is 0.345. The molecule has 0 aliphatic carbocycles. The zero-order chi connectivity index (χ0) is 13.3. The Kier molecular flexibility index (Phi) is 3.93. The van der Waals surface area contributed by atoms with Crippen LogP contribution in [0.1, 0.15) is 19.3 Å². The lowest BCUT2D eigenvalue weighted by atomic mass is 10.2. The number of hydrogen-bond acceptors (Lipinski definition) is 3. The van der Waals surface area contributed by atoms with Crippen molar-refractivity contribution in [3.05, 3.63) is 22.4 Å². The SMILES string of the molecule is Nc1cc(S(=O)(=O)N2CCCCC2)c(F)cc1Br. The van der Waals surface area contributed by atoms with Crippen molar-refractivity contribution in [2.45, 2.75) is 24.2 Å². The molecule has 18 heavy (non-hydrogen) atoms. The Labute approximate surface area is 114 Å². The van der Waals surface area contributed by atoms with E-state index in [0.717, 1.165) is 25.3 Å². The summed E-state index contributed by atoms with van der Waals surface area (Å²) in [6, 6.07) is 2.26. The van der Waals surface area contributed by atoms with Crippen LogP contribution in [0.25, 0.3) is 0 Å². The van der Waals surface area contributed by atoms with Gasteiger partial charge in [-0.2, -0.15) is 4.31 Å². The Morgan fingerprint density at radius 3 is 2.44 bits per heavy atom. The molecule has 1 saturated heterocycles. The molecule has 0 radical (unpaired) electrons. The van der Waals surface area contributed by atoms with Crippen LogP contribution in [0.2, 0.25) is 0 Å². The topological polar surface area (TPSA) is 63.4 Å².